The van der Waals surface area contributed by atoms with Crippen LogP contribution in [0.4, 0.5) is 0 Å². The van der Waals surface area contributed by atoms with Crippen molar-refractivity contribution in [3.63, 3.8) is 0 Å². The van der Waals surface area contributed by atoms with E-state index in [1.165, 1.54) is 0 Å². The summed E-state index contributed by atoms with van der Waals surface area (Å²) in [5.74, 6) is 1.69. The molecule has 1 aromatic heterocycles. The van der Waals surface area contributed by atoms with Crippen LogP contribution in [0.15, 0.2) is 42.5 Å². The Kier molecular flexibility index (Phi) is 3.96. The number of benzene rings is 2. The Labute approximate surface area is 161 Å². The first-order chi connectivity index (χ1) is 13.8. The van der Waals surface area contributed by atoms with E-state index in [2.05, 4.69) is 15.5 Å². The predicted molar refractivity (Wildman–Crippen MR) is 99.5 cm³/mol. The average Bonchev–Trinajstić information content (AvgIpc) is 3.39. The summed E-state index contributed by atoms with van der Waals surface area (Å²) in [4.78, 5) is 15.0. The van der Waals surface area contributed by atoms with Gasteiger partial charge in [-0.1, -0.05) is 30.3 Å². The molecular formula is C20H19N5O3. The van der Waals surface area contributed by atoms with Crippen LogP contribution in [-0.2, 0) is 6.61 Å². The van der Waals surface area contributed by atoms with Crippen LogP contribution < -0.4 is 9.47 Å². The van der Waals surface area contributed by atoms with E-state index in [1.807, 2.05) is 35.2 Å². The van der Waals surface area contributed by atoms with Gasteiger partial charge in [-0.25, -0.2) is 0 Å². The van der Waals surface area contributed by atoms with E-state index < -0.39 is 0 Å². The van der Waals surface area contributed by atoms with Crippen molar-refractivity contribution >= 4 is 5.91 Å². The SMILES string of the molecule is COc1cc2c(cc1OCc1ccccc1)-n1nnnc1[C@@H]1CCCN1C2=O. The molecule has 1 saturated heterocycles. The summed E-state index contributed by atoms with van der Waals surface area (Å²) in [6, 6.07) is 13.3. The molecule has 2 aliphatic heterocycles. The maximum Gasteiger partial charge on any atom is 0.256 e. The molecule has 8 nitrogen and oxygen atoms in total. The Morgan fingerprint density at radius 3 is 2.86 bits per heavy atom. The fraction of sp³-hybridized carbons (Fsp3) is 0.300. The van der Waals surface area contributed by atoms with Crippen LogP contribution in [0.5, 0.6) is 11.5 Å². The number of hydrogen-bond acceptors (Lipinski definition) is 6. The molecule has 0 aliphatic carbocycles. The first-order valence-electron chi connectivity index (χ1n) is 9.24. The summed E-state index contributed by atoms with van der Waals surface area (Å²) in [6.45, 7) is 1.09. The predicted octanol–water partition coefficient (Wildman–Crippen LogP) is 2.54. The van der Waals surface area contributed by atoms with Crippen molar-refractivity contribution in [1.82, 2.24) is 25.1 Å². The van der Waals surface area contributed by atoms with Crippen molar-refractivity contribution in [2.75, 3.05) is 13.7 Å². The number of fused-ring (bicyclic) bond motifs is 5. The first kappa shape index (κ1) is 16.7. The summed E-state index contributed by atoms with van der Waals surface area (Å²) in [5, 5.41) is 12.2. The number of ether oxygens (including phenoxy) is 2. The molecule has 8 heteroatoms. The molecule has 3 heterocycles. The largest absolute Gasteiger partial charge is 0.493 e. The van der Waals surface area contributed by atoms with Crippen LogP contribution in [0, 0.1) is 0 Å². The second-order valence-corrected chi connectivity index (χ2v) is 6.90. The first-order valence-corrected chi connectivity index (χ1v) is 9.24. The van der Waals surface area contributed by atoms with Gasteiger partial charge >= 0.3 is 0 Å². The zero-order valence-electron chi connectivity index (χ0n) is 15.4. The van der Waals surface area contributed by atoms with Gasteiger partial charge in [0.1, 0.15) is 6.61 Å². The molecule has 0 spiro atoms. The fourth-order valence-electron chi connectivity index (χ4n) is 3.91. The van der Waals surface area contributed by atoms with Gasteiger partial charge in [-0.05, 0) is 34.9 Å². The van der Waals surface area contributed by atoms with E-state index in [9.17, 15) is 4.79 Å². The van der Waals surface area contributed by atoms with Gasteiger partial charge in [-0.3, -0.25) is 4.79 Å². The van der Waals surface area contributed by atoms with Gasteiger partial charge in [0.05, 0.1) is 24.4 Å². The normalized spacial score (nSPS) is 17.5. The minimum atomic E-state index is -0.102. The highest BCUT2D eigenvalue weighted by molar-refractivity contribution is 5.99. The standard InChI is InChI=1S/C20H19N5O3/c1-27-17-10-14-16(11-18(17)28-12-13-6-3-2-4-7-13)25-19(21-22-23-25)15-8-5-9-24(15)20(14)26/h2-4,6-7,10-11,15H,5,8-9,12H2,1H3/t15-/m0/s1. The topological polar surface area (TPSA) is 82.4 Å². The quantitative estimate of drug-likeness (QED) is 0.695. The van der Waals surface area contributed by atoms with Crippen molar-refractivity contribution < 1.29 is 14.3 Å². The molecule has 0 N–H and O–H groups in total. The lowest BCUT2D eigenvalue weighted by atomic mass is 10.1. The van der Waals surface area contributed by atoms with Crippen LogP contribution in [0.1, 0.15) is 40.6 Å². The van der Waals surface area contributed by atoms with E-state index in [4.69, 9.17) is 9.47 Å². The van der Waals surface area contributed by atoms with Gasteiger partial charge in [0.2, 0.25) is 0 Å². The van der Waals surface area contributed by atoms with Crippen LogP contribution in [0.3, 0.4) is 0 Å². The molecule has 28 heavy (non-hydrogen) atoms. The third-order valence-electron chi connectivity index (χ3n) is 5.28. The van der Waals surface area contributed by atoms with Gasteiger partial charge in [0, 0.05) is 12.6 Å². The van der Waals surface area contributed by atoms with Gasteiger partial charge in [0.15, 0.2) is 17.3 Å². The number of carbonyl (C=O) groups excluding carboxylic acids is 1. The highest BCUT2D eigenvalue weighted by Gasteiger charge is 2.39. The number of methoxy groups -OCH3 is 1. The number of tetrazole rings is 1. The molecular weight excluding hydrogens is 358 g/mol. The lowest BCUT2D eigenvalue weighted by Crippen LogP contribution is -2.29. The van der Waals surface area contributed by atoms with E-state index >= 15 is 0 Å². The highest BCUT2D eigenvalue weighted by Crippen LogP contribution is 2.40. The molecule has 0 unspecified atom stereocenters. The zero-order chi connectivity index (χ0) is 19.1. The fourth-order valence-corrected chi connectivity index (χ4v) is 3.91. The molecule has 1 fully saturated rings. The Bertz CT molecular complexity index is 1030. The van der Waals surface area contributed by atoms with Crippen molar-refractivity contribution in [3.05, 3.63) is 59.4 Å². The Hall–Kier alpha value is -3.42. The van der Waals surface area contributed by atoms with Gasteiger partial charge in [-0.2, -0.15) is 4.68 Å². The van der Waals surface area contributed by atoms with E-state index in [-0.39, 0.29) is 11.9 Å². The van der Waals surface area contributed by atoms with E-state index in [1.54, 1.807) is 23.9 Å². The second-order valence-electron chi connectivity index (χ2n) is 6.90. The highest BCUT2D eigenvalue weighted by atomic mass is 16.5. The Morgan fingerprint density at radius 1 is 1.18 bits per heavy atom. The number of nitrogens with zero attached hydrogens (tertiary/aromatic N) is 5. The Morgan fingerprint density at radius 2 is 2.04 bits per heavy atom. The monoisotopic (exact) mass is 377 g/mol. The molecule has 1 atom stereocenters. The number of hydrogen-bond donors (Lipinski definition) is 0. The summed E-state index contributed by atoms with van der Waals surface area (Å²) in [6.07, 6.45) is 1.79. The number of amides is 1. The third-order valence-corrected chi connectivity index (χ3v) is 5.28. The minimum absolute atomic E-state index is 0.0438. The summed E-state index contributed by atoms with van der Waals surface area (Å²) in [7, 11) is 1.57. The van der Waals surface area contributed by atoms with Crippen molar-refractivity contribution in [2.45, 2.75) is 25.5 Å². The Balaban J connectivity index is 1.59. The molecule has 3 aromatic rings. The molecule has 5 rings (SSSR count). The molecule has 0 saturated carbocycles. The summed E-state index contributed by atoms with van der Waals surface area (Å²) >= 11 is 0. The van der Waals surface area contributed by atoms with Crippen LogP contribution >= 0.6 is 0 Å². The molecule has 0 radical (unpaired) electrons. The van der Waals surface area contributed by atoms with Crippen molar-refractivity contribution in [1.29, 1.82) is 0 Å². The maximum atomic E-state index is 13.2. The molecule has 1 amide bonds. The van der Waals surface area contributed by atoms with Gasteiger partial charge in [0.25, 0.3) is 5.91 Å². The summed E-state index contributed by atoms with van der Waals surface area (Å²) in [5.41, 5.74) is 2.17. The zero-order valence-corrected chi connectivity index (χ0v) is 15.4. The minimum Gasteiger partial charge on any atom is -0.493 e. The number of rotatable bonds is 4. The van der Waals surface area contributed by atoms with Crippen molar-refractivity contribution in [2.24, 2.45) is 0 Å². The molecule has 2 aromatic carbocycles. The smallest absolute Gasteiger partial charge is 0.256 e. The average molecular weight is 377 g/mol. The molecule has 2 aliphatic rings. The third kappa shape index (κ3) is 2.60. The van der Waals surface area contributed by atoms with Crippen LogP contribution in [-0.4, -0.2) is 44.7 Å². The lowest BCUT2D eigenvalue weighted by molar-refractivity contribution is 0.0735. The van der Waals surface area contributed by atoms with Crippen LogP contribution in [0.2, 0.25) is 0 Å². The van der Waals surface area contributed by atoms with Crippen molar-refractivity contribution in [3.8, 4) is 17.2 Å². The molecule has 0 bridgehead atoms. The summed E-state index contributed by atoms with van der Waals surface area (Å²) < 4.78 is 13.2. The van der Waals surface area contributed by atoms with Crippen LogP contribution in [0.25, 0.3) is 5.69 Å². The van der Waals surface area contributed by atoms with E-state index in [0.717, 1.165) is 18.4 Å². The number of aromatic nitrogens is 4. The second kappa shape index (κ2) is 6.63. The molecule has 142 valence electrons. The van der Waals surface area contributed by atoms with Gasteiger partial charge < -0.3 is 14.4 Å². The van der Waals surface area contributed by atoms with E-state index in [0.29, 0.717) is 41.7 Å². The maximum absolute atomic E-state index is 13.2. The number of carbonyl (C=O) groups is 1. The lowest BCUT2D eigenvalue weighted by Gasteiger charge is -2.20. The van der Waals surface area contributed by atoms with Gasteiger partial charge in [-0.15, -0.1) is 5.10 Å².